The number of benzene rings is 1. The summed E-state index contributed by atoms with van der Waals surface area (Å²) in [7, 11) is 1.88. The summed E-state index contributed by atoms with van der Waals surface area (Å²) >= 11 is 0. The predicted molar refractivity (Wildman–Crippen MR) is 123 cm³/mol. The Bertz CT molecular complexity index is 951. The summed E-state index contributed by atoms with van der Waals surface area (Å²) in [4.78, 5) is 16.6. The molecule has 0 fully saturated rings. The summed E-state index contributed by atoms with van der Waals surface area (Å²) in [5, 5.41) is 17.8. The lowest BCUT2D eigenvalue weighted by molar-refractivity contribution is -0.138. The Hall–Kier alpha value is -2.50. The molecule has 0 spiro atoms. The molecule has 2 aromatic rings. The number of amides is 1. The largest absolute Gasteiger partial charge is 0.416 e. The molecule has 11 heteroatoms. The molecule has 1 aliphatic heterocycles. The number of likely N-dealkylation sites (N-methyl/N-ethyl adjacent to an activating group) is 1. The molecule has 0 radical (unpaired) electrons. The van der Waals surface area contributed by atoms with Crippen LogP contribution >= 0.6 is 0 Å². The average molecular weight is 498 g/mol. The minimum atomic E-state index is -4.36. The van der Waals surface area contributed by atoms with Gasteiger partial charge in [0.25, 0.3) is 0 Å². The molecule has 0 unspecified atom stereocenters. The van der Waals surface area contributed by atoms with E-state index in [0.717, 1.165) is 23.4 Å². The third-order valence-corrected chi connectivity index (χ3v) is 6.37. The lowest BCUT2D eigenvalue weighted by Gasteiger charge is -2.35. The highest BCUT2D eigenvalue weighted by atomic mass is 19.4. The van der Waals surface area contributed by atoms with E-state index in [1.54, 1.807) is 15.8 Å². The van der Waals surface area contributed by atoms with Gasteiger partial charge in [-0.3, -0.25) is 9.69 Å². The van der Waals surface area contributed by atoms with E-state index in [0.29, 0.717) is 45.6 Å². The van der Waals surface area contributed by atoms with Crippen LogP contribution in [-0.4, -0.2) is 74.7 Å². The second-order valence-corrected chi connectivity index (χ2v) is 9.35. The normalized spacial score (nSPS) is 21.4. The van der Waals surface area contributed by atoms with Gasteiger partial charge in [0, 0.05) is 38.5 Å². The smallest absolute Gasteiger partial charge is 0.394 e. The summed E-state index contributed by atoms with van der Waals surface area (Å²) in [6, 6.07) is 4.83. The summed E-state index contributed by atoms with van der Waals surface area (Å²) < 4.78 is 46.6. The molecule has 3 rings (SSSR count). The van der Waals surface area contributed by atoms with Gasteiger partial charge in [-0.15, -0.1) is 5.10 Å². The first-order chi connectivity index (χ1) is 16.6. The number of hydrogen-bond donors (Lipinski definition) is 1. The monoisotopic (exact) mass is 497 g/mol. The van der Waals surface area contributed by atoms with E-state index in [4.69, 9.17) is 4.74 Å². The van der Waals surface area contributed by atoms with Crippen LogP contribution in [0.25, 0.3) is 0 Å². The quantitative estimate of drug-likeness (QED) is 0.661. The molecule has 1 aliphatic rings. The van der Waals surface area contributed by atoms with E-state index in [2.05, 4.69) is 10.3 Å². The molecule has 0 saturated carbocycles. The van der Waals surface area contributed by atoms with Crippen LogP contribution in [0.15, 0.2) is 30.5 Å². The van der Waals surface area contributed by atoms with Crippen molar-refractivity contribution >= 4 is 5.91 Å². The zero-order valence-electron chi connectivity index (χ0n) is 20.4. The Morgan fingerprint density at radius 2 is 2.00 bits per heavy atom. The fraction of sp³-hybridized carbons (Fsp3) is 0.625. The van der Waals surface area contributed by atoms with Crippen molar-refractivity contribution in [3.8, 4) is 0 Å². The molecule has 35 heavy (non-hydrogen) atoms. The van der Waals surface area contributed by atoms with Gasteiger partial charge in [-0.2, -0.15) is 13.2 Å². The fourth-order valence-corrected chi connectivity index (χ4v) is 4.23. The number of rotatable bonds is 6. The van der Waals surface area contributed by atoms with Crippen molar-refractivity contribution in [2.45, 2.75) is 64.7 Å². The molecular formula is C24H34F3N5O3. The number of carbonyl (C=O) groups is 1. The topological polar surface area (TPSA) is 83.7 Å². The Kier molecular flexibility index (Phi) is 9.26. The Morgan fingerprint density at radius 1 is 1.29 bits per heavy atom. The number of nitrogens with zero attached hydrogens (tertiary/aromatic N) is 5. The second kappa shape index (κ2) is 12.0. The van der Waals surface area contributed by atoms with Crippen LogP contribution in [0.5, 0.6) is 0 Å². The number of aliphatic hydroxyl groups is 1. The molecule has 8 nitrogen and oxygen atoms in total. The maximum Gasteiger partial charge on any atom is 0.416 e. The van der Waals surface area contributed by atoms with Gasteiger partial charge in [-0.05, 0) is 38.1 Å². The van der Waals surface area contributed by atoms with Crippen LogP contribution in [0.1, 0.15) is 43.5 Å². The van der Waals surface area contributed by atoms with Gasteiger partial charge in [0.2, 0.25) is 5.91 Å². The third-order valence-electron chi connectivity index (χ3n) is 6.37. The molecule has 1 amide bonds. The van der Waals surface area contributed by atoms with Crippen LogP contribution in [-0.2, 0) is 35.4 Å². The molecule has 194 valence electrons. The van der Waals surface area contributed by atoms with Gasteiger partial charge in [0.05, 0.1) is 42.8 Å². The number of aliphatic hydroxyl groups excluding tert-OH is 1. The highest BCUT2D eigenvalue weighted by Gasteiger charge is 2.30. The predicted octanol–water partition coefficient (Wildman–Crippen LogP) is 2.95. The lowest BCUT2D eigenvalue weighted by Crippen LogP contribution is -2.47. The van der Waals surface area contributed by atoms with Gasteiger partial charge in [-0.25, -0.2) is 4.68 Å². The number of aromatic nitrogens is 3. The molecule has 0 saturated heterocycles. The molecule has 1 aromatic carbocycles. The number of halogens is 3. The van der Waals surface area contributed by atoms with Crippen molar-refractivity contribution in [3.63, 3.8) is 0 Å². The number of ether oxygens (including phenoxy) is 1. The molecule has 2 heterocycles. The maximum absolute atomic E-state index is 12.9. The molecule has 0 aliphatic carbocycles. The first-order valence-corrected chi connectivity index (χ1v) is 11.8. The van der Waals surface area contributed by atoms with Crippen molar-refractivity contribution in [3.05, 3.63) is 47.3 Å². The zero-order chi connectivity index (χ0) is 25.6. The Labute approximate surface area is 203 Å². The summed E-state index contributed by atoms with van der Waals surface area (Å²) in [5.41, 5.74) is 0.906. The summed E-state index contributed by atoms with van der Waals surface area (Å²) in [5.74, 6) is -0.0933. The SMILES string of the molecule is C[C@H]1CN([C@@H](C)CO)C(=O)CCCn2nncc2CO[C@@H]1CN(C)Cc1ccc(C(F)(F)F)cc1. The minimum absolute atomic E-state index is 0.0301. The molecule has 1 aromatic heterocycles. The lowest BCUT2D eigenvalue weighted by atomic mass is 10.0. The first kappa shape index (κ1) is 27.1. The standard InChI is InChI=1S/C24H34F3N5O3/c1-17-12-31(18(2)15-33)23(34)5-4-10-32-21(11-28-29-32)16-35-22(17)14-30(3)13-19-6-8-20(9-7-19)24(25,26)27/h6-9,11,17-18,22,33H,4-5,10,12-16H2,1-3H3/t17-,18-,22+/m0/s1. The zero-order valence-corrected chi connectivity index (χ0v) is 20.4. The van der Waals surface area contributed by atoms with Crippen LogP contribution in [0.3, 0.4) is 0 Å². The molecular weight excluding hydrogens is 463 g/mol. The van der Waals surface area contributed by atoms with Crippen molar-refractivity contribution in [1.29, 1.82) is 0 Å². The van der Waals surface area contributed by atoms with E-state index in [1.807, 2.05) is 25.8 Å². The summed E-state index contributed by atoms with van der Waals surface area (Å²) in [6.07, 6.45) is -2.04. The van der Waals surface area contributed by atoms with Crippen molar-refractivity contribution in [1.82, 2.24) is 24.8 Å². The second-order valence-electron chi connectivity index (χ2n) is 9.35. The van der Waals surface area contributed by atoms with Gasteiger partial charge in [0.1, 0.15) is 0 Å². The van der Waals surface area contributed by atoms with E-state index < -0.39 is 11.7 Å². The van der Waals surface area contributed by atoms with Gasteiger partial charge in [0.15, 0.2) is 0 Å². The molecule has 0 bridgehead atoms. The number of fused-ring (bicyclic) bond motifs is 1. The van der Waals surface area contributed by atoms with Gasteiger partial charge >= 0.3 is 6.18 Å². The van der Waals surface area contributed by atoms with Crippen LogP contribution < -0.4 is 0 Å². The number of alkyl halides is 3. The summed E-state index contributed by atoms with van der Waals surface area (Å²) in [6.45, 7) is 5.90. The highest BCUT2D eigenvalue weighted by Crippen LogP contribution is 2.29. The Morgan fingerprint density at radius 3 is 2.66 bits per heavy atom. The van der Waals surface area contributed by atoms with Crippen molar-refractivity contribution < 1.29 is 27.8 Å². The number of carbonyl (C=O) groups excluding carboxylic acids is 1. The van der Waals surface area contributed by atoms with Crippen LogP contribution in [0, 0.1) is 5.92 Å². The number of aryl methyl sites for hydroxylation is 1. The molecule has 1 N–H and O–H groups in total. The van der Waals surface area contributed by atoms with Gasteiger partial charge < -0.3 is 14.7 Å². The minimum Gasteiger partial charge on any atom is -0.394 e. The highest BCUT2D eigenvalue weighted by molar-refractivity contribution is 5.76. The van der Waals surface area contributed by atoms with Crippen molar-refractivity contribution in [2.24, 2.45) is 5.92 Å². The molecule has 3 atom stereocenters. The van der Waals surface area contributed by atoms with Crippen LogP contribution in [0.4, 0.5) is 13.2 Å². The third kappa shape index (κ3) is 7.49. The van der Waals surface area contributed by atoms with E-state index in [9.17, 15) is 23.1 Å². The fourth-order valence-electron chi connectivity index (χ4n) is 4.23. The van der Waals surface area contributed by atoms with Crippen molar-refractivity contribution in [2.75, 3.05) is 26.7 Å². The van der Waals surface area contributed by atoms with E-state index in [-0.39, 0.29) is 30.6 Å². The Balaban J connectivity index is 1.75. The number of hydrogen-bond acceptors (Lipinski definition) is 6. The maximum atomic E-state index is 12.9. The first-order valence-electron chi connectivity index (χ1n) is 11.8. The average Bonchev–Trinajstić information content (AvgIpc) is 3.25. The van der Waals surface area contributed by atoms with E-state index in [1.165, 1.54) is 12.1 Å². The van der Waals surface area contributed by atoms with Crippen LogP contribution in [0.2, 0.25) is 0 Å². The van der Waals surface area contributed by atoms with Gasteiger partial charge in [-0.1, -0.05) is 24.3 Å². The van der Waals surface area contributed by atoms with E-state index >= 15 is 0 Å².